The fraction of sp³-hybridized carbons (Fsp3) is 1.00. The third-order valence-corrected chi connectivity index (χ3v) is 6.05. The Morgan fingerprint density at radius 3 is 2.63 bits per heavy atom. The van der Waals surface area contributed by atoms with Crippen molar-refractivity contribution in [3.8, 4) is 0 Å². The van der Waals surface area contributed by atoms with Crippen molar-refractivity contribution in [1.29, 1.82) is 0 Å². The summed E-state index contributed by atoms with van der Waals surface area (Å²) in [5.74, 6) is 3.20. The zero-order chi connectivity index (χ0) is 13.2. The Kier molecular flexibility index (Phi) is 4.48. The summed E-state index contributed by atoms with van der Waals surface area (Å²) >= 11 is 0. The van der Waals surface area contributed by atoms with Crippen LogP contribution in [0.4, 0.5) is 0 Å². The molecule has 0 aromatic heterocycles. The minimum Gasteiger partial charge on any atom is -0.314 e. The Morgan fingerprint density at radius 2 is 1.95 bits per heavy atom. The molecule has 110 valence electrons. The molecule has 3 aliphatic rings. The van der Waals surface area contributed by atoms with Crippen LogP contribution in [0.25, 0.3) is 0 Å². The molecular formula is C17H32N2. The quantitative estimate of drug-likeness (QED) is 0.838. The number of nitrogens with zero attached hydrogens (tertiary/aromatic N) is 1. The average Bonchev–Trinajstić information content (AvgIpc) is 2.92. The first-order valence-electron chi connectivity index (χ1n) is 8.70. The molecule has 2 saturated carbocycles. The first-order chi connectivity index (χ1) is 9.22. The van der Waals surface area contributed by atoms with Crippen molar-refractivity contribution in [3.05, 3.63) is 0 Å². The second-order valence-electron chi connectivity index (χ2n) is 7.60. The monoisotopic (exact) mass is 264 g/mol. The van der Waals surface area contributed by atoms with Gasteiger partial charge in [-0.15, -0.1) is 0 Å². The molecule has 0 spiro atoms. The van der Waals surface area contributed by atoms with Gasteiger partial charge in [0.25, 0.3) is 0 Å². The summed E-state index contributed by atoms with van der Waals surface area (Å²) in [6, 6.07) is 1.52. The fourth-order valence-corrected chi connectivity index (χ4v) is 4.78. The number of fused-ring (bicyclic) bond motifs is 2. The van der Waals surface area contributed by atoms with E-state index in [2.05, 4.69) is 24.1 Å². The molecule has 19 heavy (non-hydrogen) atoms. The lowest BCUT2D eigenvalue weighted by Gasteiger charge is -2.26. The lowest BCUT2D eigenvalue weighted by Crippen LogP contribution is -2.36. The van der Waals surface area contributed by atoms with E-state index >= 15 is 0 Å². The highest BCUT2D eigenvalue weighted by atomic mass is 15.1. The zero-order valence-electron chi connectivity index (χ0n) is 12.9. The van der Waals surface area contributed by atoms with Crippen molar-refractivity contribution in [2.75, 3.05) is 19.6 Å². The van der Waals surface area contributed by atoms with E-state index in [0.29, 0.717) is 0 Å². The molecule has 2 nitrogen and oxygen atoms in total. The van der Waals surface area contributed by atoms with Crippen LogP contribution in [0.3, 0.4) is 0 Å². The summed E-state index contributed by atoms with van der Waals surface area (Å²) < 4.78 is 0. The van der Waals surface area contributed by atoms with E-state index in [4.69, 9.17) is 0 Å². The highest BCUT2D eigenvalue weighted by molar-refractivity contribution is 4.91. The van der Waals surface area contributed by atoms with E-state index in [-0.39, 0.29) is 0 Å². The summed E-state index contributed by atoms with van der Waals surface area (Å²) in [5.41, 5.74) is 0. The molecule has 2 bridgehead atoms. The van der Waals surface area contributed by atoms with Gasteiger partial charge in [-0.05, 0) is 89.8 Å². The second kappa shape index (κ2) is 6.13. The average molecular weight is 264 g/mol. The van der Waals surface area contributed by atoms with E-state index in [1.165, 1.54) is 58.2 Å². The van der Waals surface area contributed by atoms with E-state index in [0.717, 1.165) is 29.8 Å². The molecular weight excluding hydrogens is 232 g/mol. The number of hydrogen-bond acceptors (Lipinski definition) is 2. The SMILES string of the molecule is CC(C)N1CCCC(NCC2CC3CCC2C3)CC1. The third-order valence-electron chi connectivity index (χ3n) is 6.05. The van der Waals surface area contributed by atoms with Gasteiger partial charge in [0.05, 0.1) is 0 Å². The molecule has 1 N–H and O–H groups in total. The molecule has 3 fully saturated rings. The highest BCUT2D eigenvalue weighted by Crippen LogP contribution is 2.48. The molecule has 1 aliphatic heterocycles. The second-order valence-corrected chi connectivity index (χ2v) is 7.60. The number of hydrogen-bond donors (Lipinski definition) is 1. The molecule has 1 saturated heterocycles. The van der Waals surface area contributed by atoms with Crippen LogP contribution in [0, 0.1) is 17.8 Å². The van der Waals surface area contributed by atoms with Crippen molar-refractivity contribution in [2.45, 2.75) is 70.9 Å². The Labute approximate surface area is 119 Å². The molecule has 2 heteroatoms. The van der Waals surface area contributed by atoms with Crippen molar-refractivity contribution in [2.24, 2.45) is 17.8 Å². The third kappa shape index (κ3) is 3.33. The molecule has 0 radical (unpaired) electrons. The molecule has 2 aliphatic carbocycles. The standard InChI is InChI=1S/C17H32N2/c1-13(2)19-8-3-4-17(7-9-19)18-12-16-11-14-5-6-15(16)10-14/h13-18H,3-12H2,1-2H3. The summed E-state index contributed by atoms with van der Waals surface area (Å²) in [6.07, 6.45) is 10.3. The smallest absolute Gasteiger partial charge is 0.00798 e. The first-order valence-corrected chi connectivity index (χ1v) is 8.70. The largest absolute Gasteiger partial charge is 0.314 e. The first kappa shape index (κ1) is 13.9. The van der Waals surface area contributed by atoms with Crippen LogP contribution < -0.4 is 5.32 Å². The Morgan fingerprint density at radius 1 is 1.05 bits per heavy atom. The van der Waals surface area contributed by atoms with Gasteiger partial charge in [-0.3, -0.25) is 0 Å². The molecule has 4 unspecified atom stereocenters. The van der Waals surface area contributed by atoms with Crippen LogP contribution in [0.15, 0.2) is 0 Å². The Balaban J connectivity index is 1.41. The van der Waals surface area contributed by atoms with Gasteiger partial charge in [-0.25, -0.2) is 0 Å². The number of nitrogens with one attached hydrogen (secondary N) is 1. The van der Waals surface area contributed by atoms with Gasteiger partial charge in [-0.2, -0.15) is 0 Å². The van der Waals surface area contributed by atoms with Gasteiger partial charge >= 0.3 is 0 Å². The van der Waals surface area contributed by atoms with Crippen molar-refractivity contribution >= 4 is 0 Å². The van der Waals surface area contributed by atoms with Gasteiger partial charge in [0.1, 0.15) is 0 Å². The molecule has 1 heterocycles. The summed E-state index contributed by atoms with van der Waals surface area (Å²) in [5, 5.41) is 3.92. The van der Waals surface area contributed by atoms with E-state index in [9.17, 15) is 0 Å². The van der Waals surface area contributed by atoms with Gasteiger partial charge in [0.2, 0.25) is 0 Å². The maximum Gasteiger partial charge on any atom is 0.00798 e. The molecule has 4 atom stereocenters. The molecule has 3 rings (SSSR count). The van der Waals surface area contributed by atoms with E-state index in [1.807, 2.05) is 0 Å². The topological polar surface area (TPSA) is 15.3 Å². The van der Waals surface area contributed by atoms with Gasteiger partial charge in [0, 0.05) is 12.1 Å². The van der Waals surface area contributed by atoms with Gasteiger partial charge in [0.15, 0.2) is 0 Å². The summed E-state index contributed by atoms with van der Waals surface area (Å²) in [6.45, 7) is 8.59. The molecule has 0 amide bonds. The van der Waals surface area contributed by atoms with Gasteiger partial charge in [-0.1, -0.05) is 6.42 Å². The van der Waals surface area contributed by atoms with Crippen LogP contribution in [0.2, 0.25) is 0 Å². The lowest BCUT2D eigenvalue weighted by atomic mass is 9.88. The summed E-state index contributed by atoms with van der Waals surface area (Å²) in [4.78, 5) is 2.65. The van der Waals surface area contributed by atoms with Crippen LogP contribution in [0.1, 0.15) is 58.8 Å². The minimum absolute atomic E-state index is 0.726. The van der Waals surface area contributed by atoms with Crippen LogP contribution in [0.5, 0.6) is 0 Å². The van der Waals surface area contributed by atoms with E-state index in [1.54, 1.807) is 6.42 Å². The van der Waals surface area contributed by atoms with E-state index < -0.39 is 0 Å². The highest BCUT2D eigenvalue weighted by Gasteiger charge is 2.39. The Bertz CT molecular complexity index is 289. The van der Waals surface area contributed by atoms with Crippen LogP contribution in [-0.4, -0.2) is 36.6 Å². The summed E-state index contributed by atoms with van der Waals surface area (Å²) in [7, 11) is 0. The van der Waals surface area contributed by atoms with Crippen LogP contribution >= 0.6 is 0 Å². The molecule has 0 aromatic rings. The predicted molar refractivity (Wildman–Crippen MR) is 81.3 cm³/mol. The maximum absolute atomic E-state index is 3.92. The minimum atomic E-state index is 0.726. The fourth-order valence-electron chi connectivity index (χ4n) is 4.78. The van der Waals surface area contributed by atoms with Gasteiger partial charge < -0.3 is 10.2 Å². The van der Waals surface area contributed by atoms with Crippen LogP contribution in [-0.2, 0) is 0 Å². The predicted octanol–water partition coefficient (Wildman–Crippen LogP) is 3.28. The lowest BCUT2D eigenvalue weighted by molar-refractivity contribution is 0.227. The number of rotatable bonds is 4. The molecule has 0 aromatic carbocycles. The zero-order valence-corrected chi connectivity index (χ0v) is 12.9. The number of likely N-dealkylation sites (tertiary alicyclic amines) is 1. The Hall–Kier alpha value is -0.0800. The van der Waals surface area contributed by atoms with Crippen molar-refractivity contribution < 1.29 is 0 Å². The van der Waals surface area contributed by atoms with Crippen molar-refractivity contribution in [3.63, 3.8) is 0 Å². The normalized spacial score (nSPS) is 39.9. The van der Waals surface area contributed by atoms with Crippen molar-refractivity contribution in [1.82, 2.24) is 10.2 Å². The maximum atomic E-state index is 3.92.